The number of likely N-dealkylation sites (N-methyl/N-ethyl adjacent to an activating group) is 1. The lowest BCUT2D eigenvalue weighted by Crippen LogP contribution is -2.39. The Bertz CT molecular complexity index is 668. The third-order valence-corrected chi connectivity index (χ3v) is 6.17. The minimum absolute atomic E-state index is 0.00307. The van der Waals surface area contributed by atoms with Gasteiger partial charge in [-0.05, 0) is 38.8 Å². The van der Waals surface area contributed by atoms with Gasteiger partial charge in [0.2, 0.25) is 5.91 Å². The Hall–Kier alpha value is -1.75. The summed E-state index contributed by atoms with van der Waals surface area (Å²) < 4.78 is 0. The summed E-state index contributed by atoms with van der Waals surface area (Å²) in [5.74, 6) is 0.504. The molecule has 0 radical (unpaired) electrons. The van der Waals surface area contributed by atoms with Crippen molar-refractivity contribution in [3.63, 3.8) is 0 Å². The summed E-state index contributed by atoms with van der Waals surface area (Å²) in [6.07, 6.45) is 5.91. The van der Waals surface area contributed by atoms with E-state index in [0.717, 1.165) is 23.3 Å². The van der Waals surface area contributed by atoms with Crippen LogP contribution in [0.4, 0.5) is 0 Å². The van der Waals surface area contributed by atoms with Crippen molar-refractivity contribution in [3.05, 3.63) is 42.0 Å². The van der Waals surface area contributed by atoms with E-state index in [2.05, 4.69) is 6.58 Å². The second-order valence-electron chi connectivity index (χ2n) is 7.36. The fraction of sp³-hybridized carbons (Fsp3) is 0.545. The first-order valence-electron chi connectivity index (χ1n) is 9.85. The average molecular weight is 389 g/mol. The molecule has 0 atom stereocenters. The van der Waals surface area contributed by atoms with Gasteiger partial charge in [0.15, 0.2) is 0 Å². The predicted molar refractivity (Wildman–Crippen MR) is 113 cm³/mol. The SMILES string of the molecule is C=C(C)CN(CC)C(=O)c1ccccc1SCC(=O)N(C)C1CCCCC1. The van der Waals surface area contributed by atoms with E-state index < -0.39 is 0 Å². The van der Waals surface area contributed by atoms with Gasteiger partial charge in [-0.3, -0.25) is 9.59 Å². The average Bonchev–Trinajstić information content (AvgIpc) is 2.69. The van der Waals surface area contributed by atoms with E-state index in [1.165, 1.54) is 31.0 Å². The lowest BCUT2D eigenvalue weighted by Gasteiger charge is -2.31. The highest BCUT2D eigenvalue weighted by atomic mass is 32.2. The number of amides is 2. The van der Waals surface area contributed by atoms with Gasteiger partial charge in [-0.2, -0.15) is 0 Å². The summed E-state index contributed by atoms with van der Waals surface area (Å²) in [5.41, 5.74) is 1.62. The first-order valence-corrected chi connectivity index (χ1v) is 10.8. The van der Waals surface area contributed by atoms with Crippen molar-refractivity contribution >= 4 is 23.6 Å². The standard InChI is InChI=1S/C22H32N2O2S/c1-5-24(15-17(2)3)22(26)19-13-9-10-14-20(19)27-16-21(25)23(4)18-11-7-6-8-12-18/h9-10,13-14,18H,2,5-8,11-12,15-16H2,1,3-4H3. The van der Waals surface area contributed by atoms with Crippen LogP contribution in [0.25, 0.3) is 0 Å². The van der Waals surface area contributed by atoms with Gasteiger partial charge in [0.25, 0.3) is 5.91 Å². The van der Waals surface area contributed by atoms with Crippen LogP contribution in [0, 0.1) is 0 Å². The van der Waals surface area contributed by atoms with Crippen LogP contribution in [0.3, 0.4) is 0 Å². The summed E-state index contributed by atoms with van der Waals surface area (Å²) in [5, 5.41) is 0. The van der Waals surface area contributed by atoms with Gasteiger partial charge < -0.3 is 9.80 Å². The zero-order valence-electron chi connectivity index (χ0n) is 16.9. The smallest absolute Gasteiger partial charge is 0.255 e. The van der Waals surface area contributed by atoms with Gasteiger partial charge in [-0.25, -0.2) is 0 Å². The molecule has 4 nitrogen and oxygen atoms in total. The topological polar surface area (TPSA) is 40.6 Å². The van der Waals surface area contributed by atoms with Crippen molar-refractivity contribution in [1.82, 2.24) is 9.80 Å². The molecule has 0 spiro atoms. The van der Waals surface area contributed by atoms with Gasteiger partial charge in [0.05, 0.1) is 11.3 Å². The quantitative estimate of drug-likeness (QED) is 0.482. The van der Waals surface area contributed by atoms with E-state index >= 15 is 0 Å². The van der Waals surface area contributed by atoms with Gasteiger partial charge in [0, 0.05) is 31.1 Å². The van der Waals surface area contributed by atoms with Crippen molar-refractivity contribution in [1.29, 1.82) is 0 Å². The van der Waals surface area contributed by atoms with Crippen LogP contribution in [-0.4, -0.2) is 53.5 Å². The van der Waals surface area contributed by atoms with Gasteiger partial charge >= 0.3 is 0 Å². The Labute approximate surface area is 168 Å². The zero-order valence-corrected chi connectivity index (χ0v) is 17.7. The lowest BCUT2D eigenvalue weighted by atomic mass is 9.94. The molecule has 1 aliphatic rings. The normalized spacial score (nSPS) is 14.6. The molecule has 1 fully saturated rings. The van der Waals surface area contributed by atoms with E-state index in [0.29, 0.717) is 30.4 Å². The van der Waals surface area contributed by atoms with Crippen LogP contribution in [0.1, 0.15) is 56.3 Å². The van der Waals surface area contributed by atoms with Crippen LogP contribution < -0.4 is 0 Å². The molecule has 0 aromatic heterocycles. The molecule has 1 aromatic rings. The molecule has 0 unspecified atom stereocenters. The summed E-state index contributed by atoms with van der Waals surface area (Å²) in [7, 11) is 1.92. The zero-order chi connectivity index (χ0) is 19.8. The van der Waals surface area contributed by atoms with Crippen molar-refractivity contribution in [3.8, 4) is 0 Å². The monoisotopic (exact) mass is 388 g/mol. The molecule has 0 heterocycles. The minimum atomic E-state index is -0.00307. The molecule has 148 valence electrons. The summed E-state index contributed by atoms with van der Waals surface area (Å²) in [4.78, 5) is 30.1. The van der Waals surface area contributed by atoms with Crippen molar-refractivity contribution in [2.24, 2.45) is 0 Å². The van der Waals surface area contributed by atoms with E-state index in [4.69, 9.17) is 0 Å². The number of nitrogens with zero attached hydrogens (tertiary/aromatic N) is 2. The molecule has 2 rings (SSSR count). The number of hydrogen-bond acceptors (Lipinski definition) is 3. The summed E-state index contributed by atoms with van der Waals surface area (Å²) in [6.45, 7) is 9.00. The third kappa shape index (κ3) is 6.13. The number of hydrogen-bond donors (Lipinski definition) is 0. The highest BCUT2D eigenvalue weighted by molar-refractivity contribution is 8.00. The number of carbonyl (C=O) groups is 2. The molecule has 0 saturated heterocycles. The second kappa shape index (κ2) is 10.5. The highest BCUT2D eigenvalue weighted by Crippen LogP contribution is 2.26. The first kappa shape index (κ1) is 21.5. The van der Waals surface area contributed by atoms with E-state index in [1.54, 1.807) is 4.90 Å². The van der Waals surface area contributed by atoms with Gasteiger partial charge in [-0.15, -0.1) is 11.8 Å². The Morgan fingerprint density at radius 2 is 1.85 bits per heavy atom. The summed E-state index contributed by atoms with van der Waals surface area (Å²) >= 11 is 1.46. The van der Waals surface area contributed by atoms with E-state index in [1.807, 2.05) is 50.1 Å². The Morgan fingerprint density at radius 3 is 2.48 bits per heavy atom. The number of benzene rings is 1. The van der Waals surface area contributed by atoms with Gasteiger partial charge in [-0.1, -0.05) is 43.5 Å². The largest absolute Gasteiger partial charge is 0.342 e. The molecule has 27 heavy (non-hydrogen) atoms. The highest BCUT2D eigenvalue weighted by Gasteiger charge is 2.23. The second-order valence-corrected chi connectivity index (χ2v) is 8.37. The molecular formula is C22H32N2O2S. The predicted octanol–water partition coefficient (Wildman–Crippen LogP) is 4.61. The minimum Gasteiger partial charge on any atom is -0.342 e. The van der Waals surface area contributed by atoms with Crippen LogP contribution in [0.15, 0.2) is 41.3 Å². The molecule has 1 aromatic carbocycles. The molecule has 0 bridgehead atoms. The van der Waals surface area contributed by atoms with Crippen LogP contribution in [0.2, 0.25) is 0 Å². The van der Waals surface area contributed by atoms with Crippen LogP contribution in [-0.2, 0) is 4.79 Å². The summed E-state index contributed by atoms with van der Waals surface area (Å²) in [6, 6.07) is 7.95. The molecule has 1 saturated carbocycles. The van der Waals surface area contributed by atoms with Crippen molar-refractivity contribution in [2.45, 2.75) is 56.9 Å². The maximum absolute atomic E-state index is 12.9. The van der Waals surface area contributed by atoms with E-state index in [9.17, 15) is 9.59 Å². The van der Waals surface area contributed by atoms with Crippen molar-refractivity contribution in [2.75, 3.05) is 25.9 Å². The Morgan fingerprint density at radius 1 is 1.19 bits per heavy atom. The van der Waals surface area contributed by atoms with Crippen molar-refractivity contribution < 1.29 is 9.59 Å². The maximum atomic E-state index is 12.9. The Kier molecular flexibility index (Phi) is 8.42. The first-order chi connectivity index (χ1) is 12.9. The number of rotatable bonds is 8. The molecule has 1 aliphatic carbocycles. The Balaban J connectivity index is 2.03. The maximum Gasteiger partial charge on any atom is 0.255 e. The molecular weight excluding hydrogens is 356 g/mol. The fourth-order valence-corrected chi connectivity index (χ4v) is 4.47. The lowest BCUT2D eigenvalue weighted by molar-refractivity contribution is -0.129. The van der Waals surface area contributed by atoms with Crippen LogP contribution in [0.5, 0.6) is 0 Å². The number of carbonyl (C=O) groups excluding carboxylic acids is 2. The number of thioether (sulfide) groups is 1. The van der Waals surface area contributed by atoms with Crippen LogP contribution >= 0.6 is 11.8 Å². The van der Waals surface area contributed by atoms with Gasteiger partial charge in [0.1, 0.15) is 0 Å². The molecule has 5 heteroatoms. The fourth-order valence-electron chi connectivity index (χ4n) is 3.51. The van der Waals surface area contributed by atoms with E-state index in [-0.39, 0.29) is 11.8 Å². The third-order valence-electron chi connectivity index (χ3n) is 5.11. The molecule has 0 aliphatic heterocycles. The molecule has 0 N–H and O–H groups in total. The molecule has 2 amide bonds.